The fourth-order valence-corrected chi connectivity index (χ4v) is 4.47. The molecule has 0 unspecified atom stereocenters. The van der Waals surface area contributed by atoms with E-state index in [1.165, 1.54) is 21.3 Å². The summed E-state index contributed by atoms with van der Waals surface area (Å²) in [6.45, 7) is 1.88. The predicted octanol–water partition coefficient (Wildman–Crippen LogP) is 3.24. The van der Waals surface area contributed by atoms with Gasteiger partial charge in [0, 0.05) is 31.0 Å². The number of rotatable bonds is 5. The number of anilines is 2. The first-order valence-electron chi connectivity index (χ1n) is 9.82. The van der Waals surface area contributed by atoms with Crippen molar-refractivity contribution in [3.8, 4) is 0 Å². The van der Waals surface area contributed by atoms with Crippen LogP contribution >= 0.6 is 0 Å². The van der Waals surface area contributed by atoms with Crippen LogP contribution < -0.4 is 15.7 Å². The molecule has 1 aromatic heterocycles. The molecule has 0 saturated heterocycles. The Morgan fingerprint density at radius 1 is 0.812 bits per heavy atom. The SMILES string of the molecule is Cc1ccc(S(=O)(=O)Nc2ccc(C(=O)Nc3ccc4c(c3)n(C)c(=O)n4C)cc2)cc1. The minimum atomic E-state index is -3.72. The molecule has 9 heteroatoms. The highest BCUT2D eigenvalue weighted by molar-refractivity contribution is 7.92. The zero-order chi connectivity index (χ0) is 23.0. The van der Waals surface area contributed by atoms with Crippen LogP contribution in [-0.4, -0.2) is 23.5 Å². The van der Waals surface area contributed by atoms with E-state index in [0.717, 1.165) is 11.1 Å². The number of nitrogens with zero attached hydrogens (tertiary/aromatic N) is 2. The first-order chi connectivity index (χ1) is 15.2. The van der Waals surface area contributed by atoms with Gasteiger partial charge in [-0.3, -0.25) is 18.7 Å². The van der Waals surface area contributed by atoms with E-state index in [1.807, 2.05) is 6.92 Å². The second-order valence-electron chi connectivity index (χ2n) is 7.55. The van der Waals surface area contributed by atoms with E-state index in [9.17, 15) is 18.0 Å². The molecule has 1 heterocycles. The normalized spacial score (nSPS) is 11.5. The van der Waals surface area contributed by atoms with Crippen LogP contribution in [0.2, 0.25) is 0 Å². The number of fused-ring (bicyclic) bond motifs is 1. The number of amides is 1. The summed E-state index contributed by atoms with van der Waals surface area (Å²) in [7, 11) is -0.353. The van der Waals surface area contributed by atoms with Gasteiger partial charge in [0.25, 0.3) is 15.9 Å². The van der Waals surface area contributed by atoms with Crippen LogP contribution in [0.25, 0.3) is 11.0 Å². The molecule has 4 aromatic rings. The summed E-state index contributed by atoms with van der Waals surface area (Å²) >= 11 is 0. The van der Waals surface area contributed by atoms with E-state index in [1.54, 1.807) is 68.7 Å². The number of aryl methyl sites for hydroxylation is 3. The third-order valence-electron chi connectivity index (χ3n) is 5.26. The smallest absolute Gasteiger partial charge is 0.322 e. The first kappa shape index (κ1) is 21.4. The average molecular weight is 451 g/mol. The van der Waals surface area contributed by atoms with Crippen molar-refractivity contribution in [3.05, 3.63) is 88.3 Å². The van der Waals surface area contributed by atoms with Crippen LogP contribution in [0.5, 0.6) is 0 Å². The molecule has 0 aliphatic carbocycles. The fraction of sp³-hybridized carbons (Fsp3) is 0.130. The van der Waals surface area contributed by atoms with E-state index in [0.29, 0.717) is 22.5 Å². The van der Waals surface area contributed by atoms with Crippen molar-refractivity contribution in [1.29, 1.82) is 0 Å². The summed E-state index contributed by atoms with van der Waals surface area (Å²) < 4.78 is 30.6. The molecule has 164 valence electrons. The quantitative estimate of drug-likeness (QED) is 0.487. The van der Waals surface area contributed by atoms with E-state index >= 15 is 0 Å². The van der Waals surface area contributed by atoms with Gasteiger partial charge < -0.3 is 5.32 Å². The van der Waals surface area contributed by atoms with Crippen molar-refractivity contribution in [2.75, 3.05) is 10.0 Å². The number of carbonyl (C=O) groups is 1. The van der Waals surface area contributed by atoms with Crippen LogP contribution in [0.3, 0.4) is 0 Å². The minimum absolute atomic E-state index is 0.146. The number of imidazole rings is 1. The van der Waals surface area contributed by atoms with Crippen molar-refractivity contribution < 1.29 is 13.2 Å². The summed E-state index contributed by atoms with van der Waals surface area (Å²) in [5, 5.41) is 2.80. The Kier molecular flexibility index (Phi) is 5.35. The van der Waals surface area contributed by atoms with Crippen molar-refractivity contribution in [1.82, 2.24) is 9.13 Å². The summed E-state index contributed by atoms with van der Waals surface area (Å²) in [5.41, 5.74) is 3.55. The number of hydrogen-bond donors (Lipinski definition) is 2. The third-order valence-corrected chi connectivity index (χ3v) is 6.66. The first-order valence-corrected chi connectivity index (χ1v) is 11.3. The van der Waals surface area contributed by atoms with Gasteiger partial charge in [0.05, 0.1) is 15.9 Å². The van der Waals surface area contributed by atoms with Gasteiger partial charge in [0.1, 0.15) is 0 Å². The molecule has 2 N–H and O–H groups in total. The Labute approximate surface area is 185 Å². The lowest BCUT2D eigenvalue weighted by Gasteiger charge is -2.10. The van der Waals surface area contributed by atoms with Crippen LogP contribution in [0.1, 0.15) is 15.9 Å². The molecule has 1 amide bonds. The molecule has 0 aliphatic rings. The molecule has 0 radical (unpaired) electrons. The number of nitrogens with one attached hydrogen (secondary N) is 2. The average Bonchev–Trinajstić information content (AvgIpc) is 2.98. The number of aromatic nitrogens is 2. The lowest BCUT2D eigenvalue weighted by molar-refractivity contribution is 0.102. The Morgan fingerprint density at radius 2 is 1.41 bits per heavy atom. The van der Waals surface area contributed by atoms with Crippen molar-refractivity contribution >= 4 is 38.3 Å². The fourth-order valence-electron chi connectivity index (χ4n) is 3.41. The monoisotopic (exact) mass is 450 g/mol. The van der Waals surface area contributed by atoms with Gasteiger partial charge >= 0.3 is 5.69 Å². The topological polar surface area (TPSA) is 102 Å². The van der Waals surface area contributed by atoms with Gasteiger partial charge in [0.2, 0.25) is 0 Å². The molecule has 8 nitrogen and oxygen atoms in total. The highest BCUT2D eigenvalue weighted by Crippen LogP contribution is 2.20. The second kappa shape index (κ2) is 8.01. The van der Waals surface area contributed by atoms with Crippen LogP contribution in [0, 0.1) is 6.92 Å². The predicted molar refractivity (Wildman–Crippen MR) is 125 cm³/mol. The van der Waals surface area contributed by atoms with Crippen LogP contribution in [0.4, 0.5) is 11.4 Å². The maximum atomic E-state index is 12.6. The van der Waals surface area contributed by atoms with Crippen LogP contribution in [0.15, 0.2) is 76.4 Å². The number of sulfonamides is 1. The third kappa shape index (κ3) is 4.02. The lowest BCUT2D eigenvalue weighted by Crippen LogP contribution is -2.19. The van der Waals surface area contributed by atoms with Crippen molar-refractivity contribution in [2.24, 2.45) is 14.1 Å². The molecule has 3 aromatic carbocycles. The summed E-state index contributed by atoms with van der Waals surface area (Å²) in [6.07, 6.45) is 0. The van der Waals surface area contributed by atoms with Gasteiger partial charge in [0.15, 0.2) is 0 Å². The Bertz CT molecular complexity index is 1480. The van der Waals surface area contributed by atoms with E-state index in [2.05, 4.69) is 10.0 Å². The van der Waals surface area contributed by atoms with Gasteiger partial charge in [-0.05, 0) is 61.5 Å². The van der Waals surface area contributed by atoms with E-state index in [-0.39, 0.29) is 16.5 Å². The van der Waals surface area contributed by atoms with E-state index in [4.69, 9.17) is 0 Å². The molecular formula is C23H22N4O4S. The molecule has 0 atom stereocenters. The molecule has 0 bridgehead atoms. The van der Waals surface area contributed by atoms with E-state index < -0.39 is 10.0 Å². The number of hydrogen-bond acceptors (Lipinski definition) is 4. The molecular weight excluding hydrogens is 428 g/mol. The molecule has 4 rings (SSSR count). The number of carbonyl (C=O) groups excluding carboxylic acids is 1. The highest BCUT2D eigenvalue weighted by atomic mass is 32.2. The lowest BCUT2D eigenvalue weighted by atomic mass is 10.2. The van der Waals surface area contributed by atoms with Gasteiger partial charge in [-0.2, -0.15) is 0 Å². The molecule has 32 heavy (non-hydrogen) atoms. The van der Waals surface area contributed by atoms with Crippen LogP contribution in [-0.2, 0) is 24.1 Å². The van der Waals surface area contributed by atoms with Gasteiger partial charge in [-0.1, -0.05) is 17.7 Å². The van der Waals surface area contributed by atoms with Gasteiger partial charge in [-0.15, -0.1) is 0 Å². The summed E-state index contributed by atoms with van der Waals surface area (Å²) in [6, 6.07) is 17.9. The zero-order valence-electron chi connectivity index (χ0n) is 17.8. The maximum absolute atomic E-state index is 12.6. The van der Waals surface area contributed by atoms with Gasteiger partial charge in [-0.25, -0.2) is 13.2 Å². The highest BCUT2D eigenvalue weighted by Gasteiger charge is 2.15. The standard InChI is InChI=1S/C23H22N4O4S/c1-15-4-11-19(12-5-15)32(30,31)25-17-8-6-16(7-9-17)22(28)24-18-10-13-20-21(14-18)27(3)23(29)26(20)2/h4-14,25H,1-3H3,(H,24,28). The number of benzene rings is 3. The second-order valence-corrected chi connectivity index (χ2v) is 9.24. The van der Waals surface area contributed by atoms with Crippen molar-refractivity contribution in [3.63, 3.8) is 0 Å². The maximum Gasteiger partial charge on any atom is 0.328 e. The minimum Gasteiger partial charge on any atom is -0.322 e. The molecule has 0 aliphatic heterocycles. The molecule has 0 fully saturated rings. The Morgan fingerprint density at radius 3 is 2.06 bits per heavy atom. The molecule has 0 spiro atoms. The zero-order valence-corrected chi connectivity index (χ0v) is 18.6. The largest absolute Gasteiger partial charge is 0.328 e. The molecule has 0 saturated carbocycles. The Hall–Kier alpha value is -3.85. The summed E-state index contributed by atoms with van der Waals surface area (Å²) in [5.74, 6) is -0.349. The van der Waals surface area contributed by atoms with Crippen molar-refractivity contribution in [2.45, 2.75) is 11.8 Å². The Balaban J connectivity index is 1.50. The summed E-state index contributed by atoms with van der Waals surface area (Å²) in [4.78, 5) is 24.9.